The molecule has 2 saturated carbocycles. The van der Waals surface area contributed by atoms with Crippen LogP contribution in [0.15, 0.2) is 0 Å². The number of hydrogen-bond acceptors (Lipinski definition) is 6. The van der Waals surface area contributed by atoms with Crippen molar-refractivity contribution in [2.24, 2.45) is 46.3 Å². The van der Waals surface area contributed by atoms with Crippen LogP contribution in [0, 0.1) is 46.3 Å². The summed E-state index contributed by atoms with van der Waals surface area (Å²) in [5, 5.41) is 0. The van der Waals surface area contributed by atoms with E-state index in [1.54, 1.807) is 0 Å². The normalized spacial score (nSPS) is 35.8. The van der Waals surface area contributed by atoms with Crippen LogP contribution in [0.1, 0.15) is 75.2 Å². The summed E-state index contributed by atoms with van der Waals surface area (Å²) in [6.45, 7) is 19.1. The van der Waals surface area contributed by atoms with Crippen molar-refractivity contribution in [1.29, 1.82) is 0 Å². The van der Waals surface area contributed by atoms with E-state index in [0.29, 0.717) is 6.42 Å². The van der Waals surface area contributed by atoms with Crippen LogP contribution < -0.4 is 0 Å². The Kier molecular flexibility index (Phi) is 6.03. The lowest BCUT2D eigenvalue weighted by atomic mass is 9.54. The van der Waals surface area contributed by atoms with Gasteiger partial charge in [0, 0.05) is 6.42 Å². The lowest BCUT2D eigenvalue weighted by Gasteiger charge is -2.50. The van der Waals surface area contributed by atoms with Gasteiger partial charge in [0.2, 0.25) is 6.10 Å². The first-order chi connectivity index (χ1) is 14.0. The molecule has 31 heavy (non-hydrogen) atoms. The van der Waals surface area contributed by atoms with Crippen LogP contribution in [-0.4, -0.2) is 36.2 Å². The maximum absolute atomic E-state index is 13.4. The minimum Gasteiger partial charge on any atom is -0.463 e. The fourth-order valence-corrected chi connectivity index (χ4v) is 6.59. The zero-order chi connectivity index (χ0) is 23.5. The minimum atomic E-state index is -0.864. The van der Waals surface area contributed by atoms with Crippen LogP contribution >= 0.6 is 0 Å². The van der Waals surface area contributed by atoms with Gasteiger partial charge in [0.25, 0.3) is 0 Å². The molecule has 7 unspecified atom stereocenters. The number of ether oxygens (including phenoxy) is 3. The molecule has 0 spiro atoms. The number of rotatable bonds is 3. The Morgan fingerprint density at radius 1 is 0.839 bits per heavy atom. The van der Waals surface area contributed by atoms with Crippen LogP contribution in [-0.2, 0) is 28.6 Å². The fourth-order valence-electron chi connectivity index (χ4n) is 6.59. The Balaban J connectivity index is 1.98. The molecule has 6 heteroatoms. The van der Waals surface area contributed by atoms with Crippen molar-refractivity contribution in [2.75, 3.05) is 6.61 Å². The standard InChI is InChI=1S/C25H40O6/c1-23(2,3)18-13-12-14(19(18)24(4,5)6)17(22(28)31-25(7,8)9)16(13)21(27)30-15-10-11-29-20(15)26/h13-19H,10-12H2,1-9H3. The van der Waals surface area contributed by atoms with Gasteiger partial charge in [0.05, 0.1) is 18.4 Å². The molecule has 0 amide bonds. The summed E-state index contributed by atoms with van der Waals surface area (Å²) in [6, 6.07) is 0. The molecule has 0 radical (unpaired) electrons. The van der Waals surface area contributed by atoms with Gasteiger partial charge in [-0.2, -0.15) is 0 Å². The summed E-state index contributed by atoms with van der Waals surface area (Å²) >= 11 is 0. The second-order valence-electron chi connectivity index (χ2n) is 12.8. The lowest BCUT2D eigenvalue weighted by molar-refractivity contribution is -0.180. The van der Waals surface area contributed by atoms with E-state index in [4.69, 9.17) is 14.2 Å². The van der Waals surface area contributed by atoms with Gasteiger partial charge in [-0.05, 0) is 61.7 Å². The summed E-state index contributed by atoms with van der Waals surface area (Å²) in [4.78, 5) is 38.7. The van der Waals surface area contributed by atoms with Crippen LogP contribution in [0.4, 0.5) is 0 Å². The molecule has 0 N–H and O–H groups in total. The molecule has 3 aliphatic rings. The average Bonchev–Trinajstić information content (AvgIpc) is 3.24. The van der Waals surface area contributed by atoms with E-state index in [9.17, 15) is 14.4 Å². The van der Waals surface area contributed by atoms with Gasteiger partial charge in [0.15, 0.2) is 0 Å². The summed E-state index contributed by atoms with van der Waals surface area (Å²) in [5.74, 6) is -1.77. The number of hydrogen-bond donors (Lipinski definition) is 0. The van der Waals surface area contributed by atoms with E-state index in [-0.39, 0.29) is 47.1 Å². The zero-order valence-corrected chi connectivity index (χ0v) is 20.6. The quantitative estimate of drug-likeness (QED) is 0.482. The van der Waals surface area contributed by atoms with Crippen molar-refractivity contribution in [3.8, 4) is 0 Å². The monoisotopic (exact) mass is 436 g/mol. The van der Waals surface area contributed by atoms with Gasteiger partial charge in [-0.1, -0.05) is 41.5 Å². The summed E-state index contributed by atoms with van der Waals surface area (Å²) in [7, 11) is 0. The highest BCUT2D eigenvalue weighted by Gasteiger charge is 2.67. The molecule has 7 atom stereocenters. The van der Waals surface area contributed by atoms with Gasteiger partial charge in [-0.25, -0.2) is 4.79 Å². The number of cyclic esters (lactones) is 1. The van der Waals surface area contributed by atoms with E-state index in [0.717, 1.165) is 6.42 Å². The lowest BCUT2D eigenvalue weighted by Crippen LogP contribution is -2.51. The Bertz CT molecular complexity index is 735. The maximum atomic E-state index is 13.4. The van der Waals surface area contributed by atoms with Crippen LogP contribution in [0.5, 0.6) is 0 Å². The molecule has 1 aliphatic heterocycles. The van der Waals surface area contributed by atoms with Gasteiger partial charge < -0.3 is 14.2 Å². The first-order valence-corrected chi connectivity index (χ1v) is 11.6. The Labute approximate surface area is 186 Å². The van der Waals surface area contributed by atoms with Gasteiger partial charge in [-0.3, -0.25) is 9.59 Å². The fraction of sp³-hybridized carbons (Fsp3) is 0.880. The van der Waals surface area contributed by atoms with E-state index in [1.165, 1.54) is 0 Å². The van der Waals surface area contributed by atoms with Crippen molar-refractivity contribution in [3.05, 3.63) is 0 Å². The molecule has 176 valence electrons. The van der Waals surface area contributed by atoms with Crippen molar-refractivity contribution in [3.63, 3.8) is 0 Å². The average molecular weight is 437 g/mol. The molecule has 0 aromatic heterocycles. The van der Waals surface area contributed by atoms with E-state index in [2.05, 4.69) is 41.5 Å². The van der Waals surface area contributed by atoms with E-state index in [1.807, 2.05) is 20.8 Å². The van der Waals surface area contributed by atoms with Crippen LogP contribution in [0.25, 0.3) is 0 Å². The Morgan fingerprint density at radius 3 is 1.71 bits per heavy atom. The molecule has 2 bridgehead atoms. The highest BCUT2D eigenvalue weighted by atomic mass is 16.6. The maximum Gasteiger partial charge on any atom is 0.347 e. The predicted molar refractivity (Wildman–Crippen MR) is 116 cm³/mol. The third kappa shape index (κ3) is 4.63. The summed E-state index contributed by atoms with van der Waals surface area (Å²) < 4.78 is 16.4. The van der Waals surface area contributed by atoms with Crippen LogP contribution in [0.2, 0.25) is 0 Å². The van der Waals surface area contributed by atoms with Crippen molar-refractivity contribution in [2.45, 2.75) is 86.9 Å². The number of carbonyl (C=O) groups excluding carboxylic acids is 3. The van der Waals surface area contributed by atoms with Gasteiger partial charge in [-0.15, -0.1) is 0 Å². The summed E-state index contributed by atoms with van der Waals surface area (Å²) in [6.07, 6.45) is 0.316. The largest absolute Gasteiger partial charge is 0.463 e. The smallest absolute Gasteiger partial charge is 0.347 e. The zero-order valence-electron chi connectivity index (χ0n) is 20.6. The Hall–Kier alpha value is -1.59. The second-order valence-corrected chi connectivity index (χ2v) is 12.8. The second kappa shape index (κ2) is 7.77. The number of fused-ring (bicyclic) bond motifs is 2. The predicted octanol–water partition coefficient (Wildman–Crippen LogP) is 4.39. The van der Waals surface area contributed by atoms with E-state index < -0.39 is 35.5 Å². The molecule has 0 aromatic carbocycles. The van der Waals surface area contributed by atoms with Crippen molar-refractivity contribution >= 4 is 17.9 Å². The van der Waals surface area contributed by atoms with Crippen LogP contribution in [0.3, 0.4) is 0 Å². The third-order valence-corrected chi connectivity index (χ3v) is 7.26. The highest BCUT2D eigenvalue weighted by molar-refractivity contribution is 5.86. The molecular weight excluding hydrogens is 396 g/mol. The molecule has 0 aromatic rings. The van der Waals surface area contributed by atoms with Crippen molar-refractivity contribution < 1.29 is 28.6 Å². The molecule has 3 rings (SSSR count). The number of esters is 3. The van der Waals surface area contributed by atoms with Gasteiger partial charge in [0.1, 0.15) is 5.60 Å². The minimum absolute atomic E-state index is 0.0121. The number of carbonyl (C=O) groups is 3. The molecule has 3 fully saturated rings. The first-order valence-electron chi connectivity index (χ1n) is 11.6. The topological polar surface area (TPSA) is 78.9 Å². The molecule has 2 aliphatic carbocycles. The SMILES string of the molecule is CC(C)(C)OC(=O)C1C2CC(C1C(=O)OC1CCOC1=O)C(C(C)(C)C)C2C(C)(C)C. The van der Waals surface area contributed by atoms with Crippen molar-refractivity contribution in [1.82, 2.24) is 0 Å². The van der Waals surface area contributed by atoms with Gasteiger partial charge >= 0.3 is 17.9 Å². The van der Waals surface area contributed by atoms with E-state index >= 15 is 0 Å². The first kappa shape index (κ1) is 24.1. The molecule has 6 nitrogen and oxygen atoms in total. The Morgan fingerprint density at radius 2 is 1.32 bits per heavy atom. The molecule has 1 saturated heterocycles. The molecule has 1 heterocycles. The molecular formula is C25H40O6. The summed E-state index contributed by atoms with van der Waals surface area (Å²) in [5.41, 5.74) is -0.674. The highest BCUT2D eigenvalue weighted by Crippen LogP contribution is 2.67. The third-order valence-electron chi connectivity index (χ3n) is 7.26.